The number of benzene rings is 1. The Bertz CT molecular complexity index is 717. The molecule has 22 heavy (non-hydrogen) atoms. The van der Waals surface area contributed by atoms with Gasteiger partial charge in [-0.05, 0) is 37.1 Å². The van der Waals surface area contributed by atoms with Gasteiger partial charge in [0.15, 0.2) is 23.1 Å². The Hall–Kier alpha value is -2.64. The van der Waals surface area contributed by atoms with Crippen LogP contribution in [0.5, 0.6) is 0 Å². The van der Waals surface area contributed by atoms with E-state index >= 15 is 0 Å². The van der Waals surface area contributed by atoms with Crippen LogP contribution in [-0.2, 0) is 0 Å². The molecule has 3 rings (SSSR count). The van der Waals surface area contributed by atoms with E-state index in [0.717, 1.165) is 25.0 Å². The molecule has 114 valence electrons. The normalized spacial score (nSPS) is 13.8. The predicted molar refractivity (Wildman–Crippen MR) is 72.9 cm³/mol. The number of amides is 1. The number of hydrogen-bond donors (Lipinski definition) is 2. The molecule has 1 aromatic carbocycles. The number of aromatic nitrogens is 2. The van der Waals surface area contributed by atoms with Crippen LogP contribution in [0.1, 0.15) is 23.3 Å². The Kier molecular flexibility index (Phi) is 3.66. The maximum Gasteiger partial charge on any atom is 0.276 e. The van der Waals surface area contributed by atoms with Gasteiger partial charge in [-0.2, -0.15) is 0 Å². The summed E-state index contributed by atoms with van der Waals surface area (Å²) in [6.45, 7) is 0. The summed E-state index contributed by atoms with van der Waals surface area (Å²) in [4.78, 5) is 11.9. The van der Waals surface area contributed by atoms with Crippen LogP contribution in [-0.4, -0.2) is 22.1 Å². The third kappa shape index (κ3) is 3.00. The lowest BCUT2D eigenvalue weighted by molar-refractivity contribution is 0.102. The van der Waals surface area contributed by atoms with Crippen LogP contribution >= 0.6 is 0 Å². The van der Waals surface area contributed by atoms with Gasteiger partial charge in [0.25, 0.3) is 5.91 Å². The number of hydrogen-bond acceptors (Lipinski definition) is 4. The summed E-state index contributed by atoms with van der Waals surface area (Å²) in [5.41, 5.74) is -0.531. The molecule has 0 saturated heterocycles. The van der Waals surface area contributed by atoms with Crippen LogP contribution < -0.4 is 10.6 Å². The highest BCUT2D eigenvalue weighted by Gasteiger charge is 2.22. The molecule has 0 radical (unpaired) electrons. The fourth-order valence-corrected chi connectivity index (χ4v) is 1.78. The van der Waals surface area contributed by atoms with Gasteiger partial charge in [-0.3, -0.25) is 4.79 Å². The number of nitrogens with zero attached hydrogens (tertiary/aromatic N) is 2. The molecule has 0 spiro atoms. The van der Waals surface area contributed by atoms with Gasteiger partial charge in [-0.25, -0.2) is 13.2 Å². The topological polar surface area (TPSA) is 66.9 Å². The van der Waals surface area contributed by atoms with Crippen LogP contribution in [0.3, 0.4) is 0 Å². The van der Waals surface area contributed by atoms with Gasteiger partial charge in [0, 0.05) is 6.04 Å². The van der Waals surface area contributed by atoms with Crippen molar-refractivity contribution in [1.29, 1.82) is 0 Å². The number of carbonyl (C=O) groups excluding carboxylic acids is 1. The Balaban J connectivity index is 1.72. The molecule has 0 aliphatic heterocycles. The minimum Gasteiger partial charge on any atom is -0.366 e. The summed E-state index contributed by atoms with van der Waals surface area (Å²) in [6, 6.07) is 5.03. The predicted octanol–water partition coefficient (Wildman–Crippen LogP) is 2.72. The SMILES string of the molecule is O=C(Nc1ccc(F)c(F)c1F)c1ccc(NC2CC2)nn1. The zero-order valence-electron chi connectivity index (χ0n) is 11.2. The second-order valence-electron chi connectivity index (χ2n) is 4.90. The Labute approximate surface area is 123 Å². The molecule has 1 aromatic heterocycles. The van der Waals surface area contributed by atoms with E-state index in [0.29, 0.717) is 11.9 Å². The summed E-state index contributed by atoms with van der Waals surface area (Å²) in [5, 5.41) is 12.8. The Morgan fingerprint density at radius 1 is 1.05 bits per heavy atom. The third-order valence-electron chi connectivity index (χ3n) is 3.11. The first-order valence-electron chi connectivity index (χ1n) is 6.59. The molecule has 1 amide bonds. The Morgan fingerprint density at radius 2 is 1.82 bits per heavy atom. The van der Waals surface area contributed by atoms with Crippen molar-refractivity contribution in [2.45, 2.75) is 18.9 Å². The van der Waals surface area contributed by atoms with Gasteiger partial charge in [-0.15, -0.1) is 10.2 Å². The summed E-state index contributed by atoms with van der Waals surface area (Å²) < 4.78 is 39.4. The monoisotopic (exact) mass is 308 g/mol. The molecule has 1 saturated carbocycles. The number of nitrogens with one attached hydrogen (secondary N) is 2. The maximum absolute atomic E-state index is 13.5. The highest BCUT2D eigenvalue weighted by atomic mass is 19.2. The van der Waals surface area contributed by atoms with E-state index in [1.54, 1.807) is 6.07 Å². The van der Waals surface area contributed by atoms with E-state index in [-0.39, 0.29) is 5.69 Å². The van der Waals surface area contributed by atoms with Gasteiger partial charge < -0.3 is 10.6 Å². The minimum atomic E-state index is -1.65. The molecule has 8 heteroatoms. The maximum atomic E-state index is 13.5. The van der Waals surface area contributed by atoms with Crippen LogP contribution in [0, 0.1) is 17.5 Å². The average molecular weight is 308 g/mol. The van der Waals surface area contributed by atoms with Crippen LogP contribution in [0.25, 0.3) is 0 Å². The van der Waals surface area contributed by atoms with Crippen molar-refractivity contribution in [3.63, 3.8) is 0 Å². The first-order valence-corrected chi connectivity index (χ1v) is 6.59. The van der Waals surface area contributed by atoms with E-state index in [9.17, 15) is 18.0 Å². The van der Waals surface area contributed by atoms with Crippen molar-refractivity contribution in [1.82, 2.24) is 10.2 Å². The molecule has 1 aliphatic carbocycles. The zero-order valence-corrected chi connectivity index (χ0v) is 11.2. The molecule has 2 aromatic rings. The van der Waals surface area contributed by atoms with Gasteiger partial charge in [0.2, 0.25) is 0 Å². The van der Waals surface area contributed by atoms with Crippen molar-refractivity contribution in [2.24, 2.45) is 0 Å². The summed E-state index contributed by atoms with van der Waals surface area (Å²) in [6.07, 6.45) is 2.14. The lowest BCUT2D eigenvalue weighted by atomic mass is 10.2. The molecule has 1 aliphatic rings. The summed E-state index contributed by atoms with van der Waals surface area (Å²) in [7, 11) is 0. The van der Waals surface area contributed by atoms with Gasteiger partial charge >= 0.3 is 0 Å². The zero-order chi connectivity index (χ0) is 15.7. The highest BCUT2D eigenvalue weighted by Crippen LogP contribution is 2.23. The third-order valence-corrected chi connectivity index (χ3v) is 3.11. The second kappa shape index (κ2) is 5.63. The van der Waals surface area contributed by atoms with E-state index in [4.69, 9.17) is 0 Å². The molecule has 2 N–H and O–H groups in total. The van der Waals surface area contributed by atoms with E-state index in [1.165, 1.54) is 6.07 Å². The molecule has 5 nitrogen and oxygen atoms in total. The lowest BCUT2D eigenvalue weighted by Crippen LogP contribution is -2.16. The quantitative estimate of drug-likeness (QED) is 0.852. The molecule has 0 bridgehead atoms. The fourth-order valence-electron chi connectivity index (χ4n) is 1.78. The van der Waals surface area contributed by atoms with Crippen molar-refractivity contribution in [3.05, 3.63) is 47.4 Å². The highest BCUT2D eigenvalue weighted by molar-refractivity contribution is 6.02. The smallest absolute Gasteiger partial charge is 0.276 e. The number of rotatable bonds is 4. The summed E-state index contributed by atoms with van der Waals surface area (Å²) in [5.74, 6) is -4.67. The fraction of sp³-hybridized carbons (Fsp3) is 0.214. The van der Waals surface area contributed by atoms with Gasteiger partial charge in [0.1, 0.15) is 5.82 Å². The van der Waals surface area contributed by atoms with Gasteiger partial charge in [0.05, 0.1) is 5.69 Å². The van der Waals surface area contributed by atoms with Crippen LogP contribution in [0.4, 0.5) is 24.7 Å². The number of anilines is 2. The standard InChI is InChI=1S/C14H11F3N4O/c15-8-3-4-9(13(17)12(8)16)19-14(22)10-5-6-11(21-20-10)18-7-1-2-7/h3-7H,1-2H2,(H,18,21)(H,19,22). The lowest BCUT2D eigenvalue weighted by Gasteiger charge is -2.07. The molecule has 0 atom stereocenters. The van der Waals surface area contributed by atoms with E-state index in [2.05, 4.69) is 20.8 Å². The average Bonchev–Trinajstić information content (AvgIpc) is 3.32. The van der Waals surface area contributed by atoms with Crippen molar-refractivity contribution in [3.8, 4) is 0 Å². The molecule has 1 heterocycles. The van der Waals surface area contributed by atoms with Crippen molar-refractivity contribution < 1.29 is 18.0 Å². The Morgan fingerprint density at radius 3 is 2.45 bits per heavy atom. The summed E-state index contributed by atoms with van der Waals surface area (Å²) >= 11 is 0. The van der Waals surface area contributed by atoms with Crippen LogP contribution in [0.15, 0.2) is 24.3 Å². The van der Waals surface area contributed by atoms with E-state index in [1.807, 2.05) is 0 Å². The molecular weight excluding hydrogens is 297 g/mol. The largest absolute Gasteiger partial charge is 0.366 e. The van der Waals surface area contributed by atoms with Crippen LogP contribution in [0.2, 0.25) is 0 Å². The van der Waals surface area contributed by atoms with Gasteiger partial charge in [-0.1, -0.05) is 0 Å². The number of halogens is 3. The molecule has 1 fully saturated rings. The van der Waals surface area contributed by atoms with E-state index < -0.39 is 29.0 Å². The first-order chi connectivity index (χ1) is 10.5. The second-order valence-corrected chi connectivity index (χ2v) is 4.90. The number of carbonyl (C=O) groups is 1. The van der Waals surface area contributed by atoms with Crippen molar-refractivity contribution in [2.75, 3.05) is 10.6 Å². The minimum absolute atomic E-state index is 0.0644. The first kappa shape index (κ1) is 14.3. The van der Waals surface area contributed by atoms with Crippen molar-refractivity contribution >= 4 is 17.4 Å². The molecule has 0 unspecified atom stereocenters. The molecular formula is C14H11F3N4O.